The number of carboxylic acid groups (broad SMARTS) is 1. The highest BCUT2D eigenvalue weighted by atomic mass is 16.5. The summed E-state index contributed by atoms with van der Waals surface area (Å²) < 4.78 is 5.51. The number of carboxylic acids is 1. The van der Waals surface area contributed by atoms with E-state index in [0.717, 1.165) is 11.3 Å². The topological polar surface area (TPSA) is 75.6 Å². The molecule has 0 fully saturated rings. The van der Waals surface area contributed by atoms with Gasteiger partial charge in [0.15, 0.2) is 0 Å². The minimum Gasteiger partial charge on any atom is -0.494 e. The zero-order valence-electron chi connectivity index (χ0n) is 12.6. The van der Waals surface area contributed by atoms with E-state index in [2.05, 4.69) is 5.32 Å². The fourth-order valence-electron chi connectivity index (χ4n) is 2.00. The predicted octanol–water partition coefficient (Wildman–Crippen LogP) is 2.24. The Morgan fingerprint density at radius 3 is 2.71 bits per heavy atom. The van der Waals surface area contributed by atoms with Crippen LogP contribution in [0.4, 0.5) is 0 Å². The van der Waals surface area contributed by atoms with Crippen molar-refractivity contribution < 1.29 is 19.4 Å². The van der Waals surface area contributed by atoms with E-state index < -0.39 is 5.97 Å². The van der Waals surface area contributed by atoms with E-state index in [4.69, 9.17) is 9.84 Å². The van der Waals surface area contributed by atoms with Crippen LogP contribution in [0.5, 0.6) is 5.75 Å². The zero-order chi connectivity index (χ0) is 15.7. The molecule has 0 aromatic heterocycles. The van der Waals surface area contributed by atoms with Crippen LogP contribution in [-0.2, 0) is 16.0 Å². The molecule has 0 saturated carbocycles. The minimum atomic E-state index is -0.845. The van der Waals surface area contributed by atoms with Gasteiger partial charge in [0.1, 0.15) is 5.75 Å². The van der Waals surface area contributed by atoms with Crippen molar-refractivity contribution in [3.63, 3.8) is 0 Å². The van der Waals surface area contributed by atoms with E-state index in [1.165, 1.54) is 0 Å². The van der Waals surface area contributed by atoms with Gasteiger partial charge in [0.25, 0.3) is 0 Å². The smallest absolute Gasteiger partial charge is 0.303 e. The molecule has 0 spiro atoms. The molecule has 0 aliphatic rings. The van der Waals surface area contributed by atoms with Gasteiger partial charge in [-0.2, -0.15) is 0 Å². The lowest BCUT2D eigenvalue weighted by Gasteiger charge is -2.12. The van der Waals surface area contributed by atoms with E-state index in [1.54, 1.807) is 6.92 Å². The van der Waals surface area contributed by atoms with Gasteiger partial charge in [-0.25, -0.2) is 0 Å². The van der Waals surface area contributed by atoms with E-state index in [9.17, 15) is 9.59 Å². The molecule has 1 aromatic rings. The number of ether oxygens (including phenoxy) is 1. The number of carbonyl (C=O) groups is 2. The Balaban J connectivity index is 2.38. The highest BCUT2D eigenvalue weighted by Gasteiger charge is 2.10. The van der Waals surface area contributed by atoms with Crippen LogP contribution in [0.2, 0.25) is 0 Å². The van der Waals surface area contributed by atoms with Crippen LogP contribution in [0.15, 0.2) is 24.3 Å². The molecular weight excluding hydrogens is 270 g/mol. The number of amides is 1. The maximum Gasteiger partial charge on any atom is 0.303 e. The van der Waals surface area contributed by atoms with Crippen molar-refractivity contribution in [1.82, 2.24) is 5.32 Å². The second-order valence-electron chi connectivity index (χ2n) is 5.05. The summed E-state index contributed by atoms with van der Waals surface area (Å²) in [7, 11) is 0. The molecule has 1 rings (SSSR count). The number of aryl methyl sites for hydroxylation is 1. The van der Waals surface area contributed by atoms with Gasteiger partial charge in [-0.05, 0) is 30.9 Å². The normalized spacial score (nSPS) is 11.7. The van der Waals surface area contributed by atoms with Crippen LogP contribution in [0.1, 0.15) is 32.3 Å². The third kappa shape index (κ3) is 6.79. The molecule has 5 nitrogen and oxygen atoms in total. The van der Waals surface area contributed by atoms with Crippen LogP contribution in [-0.4, -0.2) is 30.1 Å². The summed E-state index contributed by atoms with van der Waals surface area (Å²) in [5.41, 5.74) is 1.01. The van der Waals surface area contributed by atoms with Crippen LogP contribution < -0.4 is 10.1 Å². The molecule has 0 saturated heterocycles. The third-order valence-electron chi connectivity index (χ3n) is 3.06. The number of para-hydroxylation sites is 1. The van der Waals surface area contributed by atoms with E-state index in [-0.39, 0.29) is 18.2 Å². The van der Waals surface area contributed by atoms with Gasteiger partial charge < -0.3 is 15.2 Å². The van der Waals surface area contributed by atoms with Gasteiger partial charge in [0.05, 0.1) is 6.61 Å². The van der Waals surface area contributed by atoms with Gasteiger partial charge >= 0.3 is 5.97 Å². The van der Waals surface area contributed by atoms with Crippen molar-refractivity contribution in [3.8, 4) is 5.75 Å². The van der Waals surface area contributed by atoms with Crippen LogP contribution >= 0.6 is 0 Å². The first-order chi connectivity index (χ1) is 10.0. The second kappa shape index (κ2) is 9.00. The first-order valence-electron chi connectivity index (χ1n) is 7.22. The Morgan fingerprint density at radius 1 is 1.33 bits per heavy atom. The summed E-state index contributed by atoms with van der Waals surface area (Å²) in [6.07, 6.45) is 1.03. The molecule has 0 radical (unpaired) electrons. The standard InChI is InChI=1S/C16H23NO4/c1-3-21-14-7-5-4-6-13(14)8-9-15(18)17-11-12(2)10-16(19)20/h4-7,12H,3,8-11H2,1-2H3,(H,17,18)(H,19,20). The molecule has 2 N–H and O–H groups in total. The Morgan fingerprint density at radius 2 is 2.05 bits per heavy atom. The van der Waals surface area contributed by atoms with Crippen LogP contribution in [0.3, 0.4) is 0 Å². The number of rotatable bonds is 9. The molecule has 0 aliphatic heterocycles. The molecule has 0 bridgehead atoms. The number of hydrogen-bond donors (Lipinski definition) is 2. The predicted molar refractivity (Wildman–Crippen MR) is 80.4 cm³/mol. The molecule has 1 unspecified atom stereocenters. The van der Waals surface area contributed by atoms with Crippen molar-refractivity contribution >= 4 is 11.9 Å². The van der Waals surface area contributed by atoms with Gasteiger partial charge in [-0.15, -0.1) is 0 Å². The molecular formula is C16H23NO4. The average Bonchev–Trinajstić information content (AvgIpc) is 2.44. The highest BCUT2D eigenvalue weighted by Crippen LogP contribution is 2.19. The summed E-state index contributed by atoms with van der Waals surface area (Å²) in [6.45, 7) is 4.71. The molecule has 5 heteroatoms. The monoisotopic (exact) mass is 293 g/mol. The fourth-order valence-corrected chi connectivity index (χ4v) is 2.00. The van der Waals surface area contributed by atoms with Crippen LogP contribution in [0.25, 0.3) is 0 Å². The van der Waals surface area contributed by atoms with Crippen molar-refractivity contribution in [2.24, 2.45) is 5.92 Å². The van der Waals surface area contributed by atoms with E-state index >= 15 is 0 Å². The van der Waals surface area contributed by atoms with Gasteiger partial charge in [0.2, 0.25) is 5.91 Å². The lowest BCUT2D eigenvalue weighted by Crippen LogP contribution is -2.29. The third-order valence-corrected chi connectivity index (χ3v) is 3.06. The summed E-state index contributed by atoms with van der Waals surface area (Å²) in [5.74, 6) is -0.171. The first-order valence-corrected chi connectivity index (χ1v) is 7.22. The van der Waals surface area contributed by atoms with E-state index in [1.807, 2.05) is 31.2 Å². The van der Waals surface area contributed by atoms with Crippen molar-refractivity contribution in [3.05, 3.63) is 29.8 Å². The second-order valence-corrected chi connectivity index (χ2v) is 5.05. The molecule has 1 atom stereocenters. The quantitative estimate of drug-likeness (QED) is 0.732. The number of benzene rings is 1. The molecule has 116 valence electrons. The molecule has 1 amide bonds. The zero-order valence-corrected chi connectivity index (χ0v) is 12.6. The molecule has 0 heterocycles. The lowest BCUT2D eigenvalue weighted by atomic mass is 10.1. The summed E-state index contributed by atoms with van der Waals surface area (Å²) >= 11 is 0. The van der Waals surface area contributed by atoms with E-state index in [0.29, 0.717) is 26.0 Å². The minimum absolute atomic E-state index is 0.0629. The molecule has 0 aliphatic carbocycles. The van der Waals surface area contributed by atoms with Crippen LogP contribution in [0, 0.1) is 5.92 Å². The molecule has 1 aromatic carbocycles. The summed E-state index contributed by atoms with van der Waals surface area (Å²) in [6, 6.07) is 7.67. The Labute approximate surface area is 125 Å². The Hall–Kier alpha value is -2.04. The first kappa shape index (κ1) is 17.0. The Kier molecular flexibility index (Phi) is 7.29. The number of hydrogen-bond acceptors (Lipinski definition) is 3. The maximum absolute atomic E-state index is 11.8. The maximum atomic E-state index is 11.8. The Bertz CT molecular complexity index is 473. The lowest BCUT2D eigenvalue weighted by molar-refractivity contribution is -0.138. The number of carbonyl (C=O) groups excluding carboxylic acids is 1. The SMILES string of the molecule is CCOc1ccccc1CCC(=O)NCC(C)CC(=O)O. The average molecular weight is 293 g/mol. The van der Waals surface area contributed by atoms with Gasteiger partial charge in [-0.3, -0.25) is 9.59 Å². The summed E-state index contributed by atoms with van der Waals surface area (Å²) in [5, 5.41) is 11.4. The van der Waals surface area contributed by atoms with Crippen molar-refractivity contribution in [2.45, 2.75) is 33.1 Å². The number of aliphatic carboxylic acids is 1. The fraction of sp³-hybridized carbons (Fsp3) is 0.500. The van der Waals surface area contributed by atoms with Crippen molar-refractivity contribution in [1.29, 1.82) is 0 Å². The summed E-state index contributed by atoms with van der Waals surface area (Å²) in [4.78, 5) is 22.3. The largest absolute Gasteiger partial charge is 0.494 e. The van der Waals surface area contributed by atoms with Gasteiger partial charge in [0, 0.05) is 19.4 Å². The molecule has 21 heavy (non-hydrogen) atoms. The number of nitrogens with one attached hydrogen (secondary N) is 1. The highest BCUT2D eigenvalue weighted by molar-refractivity contribution is 5.76. The van der Waals surface area contributed by atoms with Crippen molar-refractivity contribution in [2.75, 3.05) is 13.2 Å². The van der Waals surface area contributed by atoms with Gasteiger partial charge in [-0.1, -0.05) is 25.1 Å².